The maximum absolute atomic E-state index is 13.0. The van der Waals surface area contributed by atoms with Crippen LogP contribution in [0.1, 0.15) is 23.2 Å². The first-order chi connectivity index (χ1) is 14.6. The van der Waals surface area contributed by atoms with E-state index in [1.54, 1.807) is 23.9 Å². The van der Waals surface area contributed by atoms with Crippen LogP contribution in [0, 0.1) is 17.1 Å². The fourth-order valence-corrected chi connectivity index (χ4v) is 3.01. The minimum atomic E-state index is -0.256. The van der Waals surface area contributed by atoms with Gasteiger partial charge in [-0.05, 0) is 42.7 Å². The number of anilines is 1. The van der Waals surface area contributed by atoms with Crippen LogP contribution in [-0.2, 0) is 13.0 Å². The lowest BCUT2D eigenvalue weighted by Gasteiger charge is -2.11. The maximum atomic E-state index is 13.0. The summed E-state index contributed by atoms with van der Waals surface area (Å²) in [5.41, 5.74) is 9.00. The second-order valence-corrected chi connectivity index (χ2v) is 6.65. The summed E-state index contributed by atoms with van der Waals surface area (Å²) >= 11 is 0. The summed E-state index contributed by atoms with van der Waals surface area (Å²) in [6, 6.07) is 18.0. The zero-order valence-electron chi connectivity index (χ0n) is 16.8. The van der Waals surface area contributed by atoms with Crippen LogP contribution in [0.2, 0.25) is 0 Å². The van der Waals surface area contributed by atoms with Crippen molar-refractivity contribution in [1.82, 2.24) is 20.4 Å². The lowest BCUT2D eigenvalue weighted by molar-refractivity contribution is 0.626. The molecule has 0 unspecified atom stereocenters. The second-order valence-electron chi connectivity index (χ2n) is 6.65. The summed E-state index contributed by atoms with van der Waals surface area (Å²) in [5, 5.41) is 20.4. The monoisotopic (exact) mass is 405 g/mol. The number of aliphatic imine (C=N–C) groups is 1. The van der Waals surface area contributed by atoms with Gasteiger partial charge in [-0.1, -0.05) is 30.3 Å². The van der Waals surface area contributed by atoms with Crippen molar-refractivity contribution in [2.45, 2.75) is 19.4 Å². The first kappa shape index (κ1) is 20.9. The lowest BCUT2D eigenvalue weighted by atomic mass is 10.1. The highest BCUT2D eigenvalue weighted by molar-refractivity contribution is 5.79. The molecular formula is C22H24FN7. The molecule has 0 saturated heterocycles. The summed E-state index contributed by atoms with van der Waals surface area (Å²) in [6.07, 6.45) is 1.35. The number of hydrogen-bond acceptors (Lipinski definition) is 4. The highest BCUT2D eigenvalue weighted by Gasteiger charge is 2.16. The SMILES string of the molecule is CN=C(NCCCc1nn(-c2ccccc2)c(N)c1C#N)NCc1ccc(F)cc1. The zero-order chi connectivity index (χ0) is 21.3. The Bertz CT molecular complexity index is 1030. The topological polar surface area (TPSA) is 104 Å². The molecular weight excluding hydrogens is 381 g/mol. The van der Waals surface area contributed by atoms with Gasteiger partial charge in [0.15, 0.2) is 5.96 Å². The Morgan fingerprint density at radius 2 is 1.90 bits per heavy atom. The van der Waals surface area contributed by atoms with Crippen molar-refractivity contribution in [2.75, 3.05) is 19.3 Å². The summed E-state index contributed by atoms with van der Waals surface area (Å²) in [4.78, 5) is 4.19. The number of nitrogens with one attached hydrogen (secondary N) is 2. The van der Waals surface area contributed by atoms with E-state index in [-0.39, 0.29) is 5.82 Å². The van der Waals surface area contributed by atoms with Crippen molar-refractivity contribution < 1.29 is 4.39 Å². The molecule has 0 fully saturated rings. The molecule has 0 aliphatic rings. The van der Waals surface area contributed by atoms with E-state index in [0.29, 0.717) is 42.5 Å². The van der Waals surface area contributed by atoms with E-state index in [1.807, 2.05) is 30.3 Å². The lowest BCUT2D eigenvalue weighted by Crippen LogP contribution is -2.37. The molecule has 0 saturated carbocycles. The van der Waals surface area contributed by atoms with Crippen LogP contribution in [0.4, 0.5) is 10.2 Å². The fourth-order valence-electron chi connectivity index (χ4n) is 3.01. The van der Waals surface area contributed by atoms with Gasteiger partial charge in [0.2, 0.25) is 0 Å². The number of benzene rings is 2. The summed E-state index contributed by atoms with van der Waals surface area (Å²) in [6.45, 7) is 1.18. The molecule has 0 atom stereocenters. The zero-order valence-corrected chi connectivity index (χ0v) is 16.8. The molecule has 7 nitrogen and oxygen atoms in total. The van der Waals surface area contributed by atoms with Crippen molar-refractivity contribution >= 4 is 11.8 Å². The van der Waals surface area contributed by atoms with E-state index in [1.165, 1.54) is 12.1 Å². The molecule has 3 aromatic rings. The molecule has 1 aromatic heterocycles. The summed E-state index contributed by atoms with van der Waals surface area (Å²) < 4.78 is 14.6. The number of nitrogens with two attached hydrogens (primary N) is 1. The molecule has 0 amide bonds. The minimum Gasteiger partial charge on any atom is -0.382 e. The maximum Gasteiger partial charge on any atom is 0.191 e. The number of nitrogens with zero attached hydrogens (tertiary/aromatic N) is 4. The first-order valence-electron chi connectivity index (χ1n) is 9.64. The van der Waals surface area contributed by atoms with Gasteiger partial charge in [-0.15, -0.1) is 0 Å². The number of halogens is 1. The van der Waals surface area contributed by atoms with Crippen molar-refractivity contribution in [2.24, 2.45) is 4.99 Å². The Hall–Kier alpha value is -3.86. The van der Waals surface area contributed by atoms with Gasteiger partial charge in [0.05, 0.1) is 11.4 Å². The van der Waals surface area contributed by atoms with E-state index < -0.39 is 0 Å². The van der Waals surface area contributed by atoms with Gasteiger partial charge in [0.1, 0.15) is 23.3 Å². The smallest absolute Gasteiger partial charge is 0.191 e. The van der Waals surface area contributed by atoms with Gasteiger partial charge in [-0.2, -0.15) is 10.4 Å². The van der Waals surface area contributed by atoms with Crippen LogP contribution < -0.4 is 16.4 Å². The number of nitriles is 1. The van der Waals surface area contributed by atoms with Crippen LogP contribution in [0.25, 0.3) is 5.69 Å². The molecule has 2 aromatic carbocycles. The van der Waals surface area contributed by atoms with E-state index in [2.05, 4.69) is 26.8 Å². The molecule has 0 radical (unpaired) electrons. The molecule has 4 N–H and O–H groups in total. The Balaban J connectivity index is 1.53. The number of nitrogen functional groups attached to an aromatic ring is 1. The van der Waals surface area contributed by atoms with Crippen LogP contribution >= 0.6 is 0 Å². The Morgan fingerprint density at radius 3 is 2.57 bits per heavy atom. The van der Waals surface area contributed by atoms with E-state index in [4.69, 9.17) is 5.73 Å². The standard InChI is InChI=1S/C22H24FN7/c1-26-22(28-15-16-9-11-17(23)12-10-16)27-13-5-8-20-19(14-24)21(25)30(29-20)18-6-3-2-4-7-18/h2-4,6-7,9-12H,5,8,13,15,25H2,1H3,(H2,26,27,28). The van der Waals surface area contributed by atoms with Crippen LogP contribution in [0.5, 0.6) is 0 Å². The number of aromatic nitrogens is 2. The highest BCUT2D eigenvalue weighted by Crippen LogP contribution is 2.21. The quantitative estimate of drug-likeness (QED) is 0.319. The third-order valence-corrected chi connectivity index (χ3v) is 4.59. The Morgan fingerprint density at radius 1 is 1.17 bits per heavy atom. The number of hydrogen-bond donors (Lipinski definition) is 3. The predicted molar refractivity (Wildman–Crippen MR) is 116 cm³/mol. The van der Waals surface area contributed by atoms with Gasteiger partial charge in [0.25, 0.3) is 0 Å². The van der Waals surface area contributed by atoms with E-state index in [0.717, 1.165) is 17.7 Å². The molecule has 3 rings (SSSR count). The minimum absolute atomic E-state index is 0.256. The Kier molecular flexibility index (Phi) is 7.00. The number of para-hydroxylation sites is 1. The summed E-state index contributed by atoms with van der Waals surface area (Å²) in [7, 11) is 1.69. The average molecular weight is 405 g/mol. The molecule has 0 aliphatic heterocycles. The Labute approximate surface area is 175 Å². The number of rotatable bonds is 7. The second kappa shape index (κ2) is 10.1. The predicted octanol–water partition coefficient (Wildman–Crippen LogP) is 2.76. The van der Waals surface area contributed by atoms with Crippen molar-refractivity contribution in [3.05, 3.63) is 77.2 Å². The molecule has 0 aliphatic carbocycles. The van der Waals surface area contributed by atoms with Gasteiger partial charge >= 0.3 is 0 Å². The first-order valence-corrected chi connectivity index (χ1v) is 9.64. The highest BCUT2D eigenvalue weighted by atomic mass is 19.1. The third-order valence-electron chi connectivity index (χ3n) is 4.59. The van der Waals surface area contributed by atoms with Gasteiger partial charge in [-0.3, -0.25) is 4.99 Å². The van der Waals surface area contributed by atoms with Crippen molar-refractivity contribution in [3.63, 3.8) is 0 Å². The number of guanidine groups is 1. The van der Waals surface area contributed by atoms with Crippen molar-refractivity contribution in [3.8, 4) is 11.8 Å². The average Bonchev–Trinajstić information content (AvgIpc) is 3.10. The molecule has 154 valence electrons. The van der Waals surface area contributed by atoms with Crippen LogP contribution in [0.15, 0.2) is 59.6 Å². The number of aryl methyl sites for hydroxylation is 1. The van der Waals surface area contributed by atoms with E-state index >= 15 is 0 Å². The molecule has 0 bridgehead atoms. The van der Waals surface area contributed by atoms with Crippen LogP contribution in [0.3, 0.4) is 0 Å². The van der Waals surface area contributed by atoms with Gasteiger partial charge < -0.3 is 16.4 Å². The normalized spacial score (nSPS) is 11.2. The van der Waals surface area contributed by atoms with E-state index in [9.17, 15) is 9.65 Å². The molecule has 0 spiro atoms. The van der Waals surface area contributed by atoms with Crippen LogP contribution in [-0.4, -0.2) is 29.3 Å². The van der Waals surface area contributed by atoms with Gasteiger partial charge in [0, 0.05) is 20.1 Å². The molecule has 1 heterocycles. The fraction of sp³-hybridized carbons (Fsp3) is 0.227. The van der Waals surface area contributed by atoms with Crippen molar-refractivity contribution in [1.29, 1.82) is 5.26 Å². The summed E-state index contributed by atoms with van der Waals surface area (Å²) in [5.74, 6) is 0.742. The van der Waals surface area contributed by atoms with Gasteiger partial charge in [-0.25, -0.2) is 9.07 Å². The molecule has 30 heavy (non-hydrogen) atoms. The third kappa shape index (κ3) is 5.14. The molecule has 8 heteroatoms. The largest absolute Gasteiger partial charge is 0.382 e.